The molecule has 196 valence electrons. The normalized spacial score (nSPS) is 18.7. The molecule has 2 aliphatic rings. The summed E-state index contributed by atoms with van der Waals surface area (Å²) in [6.45, 7) is 2.85. The third kappa shape index (κ3) is 4.62. The molecule has 2 aromatic heterocycles. The number of rotatable bonds is 6. The monoisotopic (exact) mass is 534 g/mol. The van der Waals surface area contributed by atoms with Crippen LogP contribution in [-0.2, 0) is 4.79 Å². The number of benzene rings is 2. The summed E-state index contributed by atoms with van der Waals surface area (Å²) in [6, 6.07) is 7.84. The van der Waals surface area contributed by atoms with Gasteiger partial charge in [-0.2, -0.15) is 0 Å². The lowest BCUT2D eigenvalue weighted by atomic mass is 9.87. The molecule has 38 heavy (non-hydrogen) atoms. The fraction of sp³-hybridized carbons (Fsp3) is 0.321. The van der Waals surface area contributed by atoms with E-state index in [4.69, 9.17) is 21.9 Å². The second-order valence-electron chi connectivity index (χ2n) is 10.6. The van der Waals surface area contributed by atoms with Crippen LogP contribution in [0, 0.1) is 18.2 Å². The molecule has 3 heterocycles. The first kappa shape index (κ1) is 24.8. The third-order valence-electron chi connectivity index (χ3n) is 7.48. The van der Waals surface area contributed by atoms with Crippen LogP contribution in [0.2, 0.25) is 5.02 Å². The molecule has 1 atom stereocenters. The van der Waals surface area contributed by atoms with E-state index < -0.39 is 11.9 Å². The van der Waals surface area contributed by atoms with Gasteiger partial charge in [-0.1, -0.05) is 17.7 Å². The van der Waals surface area contributed by atoms with Gasteiger partial charge >= 0.3 is 0 Å². The van der Waals surface area contributed by atoms with Gasteiger partial charge in [-0.15, -0.1) is 0 Å². The molecule has 1 amide bonds. The first-order valence-electron chi connectivity index (χ1n) is 12.5. The van der Waals surface area contributed by atoms with Crippen molar-refractivity contribution in [2.24, 2.45) is 11.3 Å². The number of aromatic nitrogens is 3. The van der Waals surface area contributed by atoms with Crippen LogP contribution < -0.4 is 5.84 Å². The molecule has 2 fully saturated rings. The number of aryl methyl sites for hydroxylation is 1. The summed E-state index contributed by atoms with van der Waals surface area (Å²) in [6.07, 6.45) is 9.73. The molecule has 1 unspecified atom stereocenters. The topological polar surface area (TPSA) is 93.4 Å². The molecule has 2 N–H and O–H groups in total. The Hall–Kier alpha value is -3.53. The number of hydrogen-bond acceptors (Lipinski definition) is 6. The lowest BCUT2D eigenvalue weighted by Gasteiger charge is -2.41. The summed E-state index contributed by atoms with van der Waals surface area (Å²) >= 11 is 6.19. The van der Waals surface area contributed by atoms with Crippen molar-refractivity contribution in [1.82, 2.24) is 24.4 Å². The van der Waals surface area contributed by atoms with Gasteiger partial charge in [0, 0.05) is 42.5 Å². The number of imidazole rings is 1. The van der Waals surface area contributed by atoms with Crippen LogP contribution in [0.15, 0.2) is 59.2 Å². The molecule has 1 spiro atoms. The van der Waals surface area contributed by atoms with E-state index in [2.05, 4.69) is 9.97 Å². The van der Waals surface area contributed by atoms with Crippen LogP contribution in [0.25, 0.3) is 22.9 Å². The minimum Gasteiger partial charge on any atom is -0.441 e. The van der Waals surface area contributed by atoms with Crippen molar-refractivity contribution < 1.29 is 13.6 Å². The first-order chi connectivity index (χ1) is 18.2. The Balaban J connectivity index is 1.40. The summed E-state index contributed by atoms with van der Waals surface area (Å²) in [5.41, 5.74) is 5.14. The smallest absolute Gasteiger partial charge is 0.250 e. The van der Waals surface area contributed by atoms with Crippen LogP contribution in [0.1, 0.15) is 42.1 Å². The number of halogens is 2. The number of hydrazine groups is 1. The van der Waals surface area contributed by atoms with E-state index in [1.54, 1.807) is 19.4 Å². The summed E-state index contributed by atoms with van der Waals surface area (Å²) in [4.78, 5) is 24.6. The molecule has 0 bridgehead atoms. The van der Waals surface area contributed by atoms with Gasteiger partial charge in [0.15, 0.2) is 12.0 Å². The van der Waals surface area contributed by atoms with E-state index in [1.807, 2.05) is 40.8 Å². The first-order valence-corrected chi connectivity index (χ1v) is 12.9. The van der Waals surface area contributed by atoms with Crippen molar-refractivity contribution in [3.63, 3.8) is 0 Å². The second kappa shape index (κ2) is 9.34. The highest BCUT2D eigenvalue weighted by molar-refractivity contribution is 6.30. The van der Waals surface area contributed by atoms with E-state index in [1.165, 1.54) is 23.5 Å². The van der Waals surface area contributed by atoms with Gasteiger partial charge in [0.2, 0.25) is 5.91 Å². The SMILES string of the molecule is Cc1cn(-c2ccc(/C=C3\CC4(CC4)CN(C(CN(C)N)c4cc(F)cc(Cl)c4)C3=O)c3ncoc23)cn1. The van der Waals surface area contributed by atoms with Gasteiger partial charge in [-0.05, 0) is 67.5 Å². The maximum Gasteiger partial charge on any atom is 0.250 e. The fourth-order valence-corrected chi connectivity index (χ4v) is 5.70. The van der Waals surface area contributed by atoms with E-state index >= 15 is 0 Å². The lowest BCUT2D eigenvalue weighted by Crippen LogP contribution is -2.48. The summed E-state index contributed by atoms with van der Waals surface area (Å²) < 4.78 is 22.0. The van der Waals surface area contributed by atoms with Crippen molar-refractivity contribution in [3.05, 3.63) is 82.5 Å². The maximum atomic E-state index is 14.3. The summed E-state index contributed by atoms with van der Waals surface area (Å²) in [5.74, 6) is 5.50. The Kier molecular flexibility index (Phi) is 6.09. The molecular weight excluding hydrogens is 507 g/mol. The van der Waals surface area contributed by atoms with E-state index in [-0.39, 0.29) is 16.3 Å². The lowest BCUT2D eigenvalue weighted by molar-refractivity contribution is -0.133. The van der Waals surface area contributed by atoms with Gasteiger partial charge in [-0.3, -0.25) is 10.6 Å². The standard InChI is InChI=1S/C28H28ClFN6O2/c1-17-12-35(15-32-17)23-4-3-18(25-26(23)38-16-33-25)7-20-11-28(5-6-28)14-36(27(20)37)24(13-34(2)31)19-8-21(29)10-22(30)9-19/h3-4,7-10,12,15-16,24H,5-6,11,13-14,31H2,1-2H3/b20-7+. The van der Waals surface area contributed by atoms with Gasteiger partial charge in [0.1, 0.15) is 11.3 Å². The van der Waals surface area contributed by atoms with Crippen LogP contribution in [0.4, 0.5) is 4.39 Å². The van der Waals surface area contributed by atoms with Gasteiger partial charge in [0.05, 0.1) is 23.8 Å². The van der Waals surface area contributed by atoms with E-state index in [9.17, 15) is 9.18 Å². The second-order valence-corrected chi connectivity index (χ2v) is 11.0. The highest BCUT2D eigenvalue weighted by atomic mass is 35.5. The highest BCUT2D eigenvalue weighted by Gasteiger charge is 2.51. The predicted octanol–water partition coefficient (Wildman–Crippen LogP) is 5.06. The Bertz CT molecular complexity index is 1550. The van der Waals surface area contributed by atoms with E-state index in [0.29, 0.717) is 41.7 Å². The zero-order valence-corrected chi connectivity index (χ0v) is 22.0. The van der Waals surface area contributed by atoms with Crippen LogP contribution >= 0.6 is 11.6 Å². The number of likely N-dealkylation sites (N-methyl/N-ethyl adjacent to an activating group) is 1. The molecule has 1 saturated heterocycles. The number of likely N-dealkylation sites (tertiary alicyclic amines) is 1. The number of oxazole rings is 1. The van der Waals surface area contributed by atoms with Crippen molar-refractivity contribution in [2.75, 3.05) is 20.1 Å². The predicted molar refractivity (Wildman–Crippen MR) is 143 cm³/mol. The molecule has 1 saturated carbocycles. The fourth-order valence-electron chi connectivity index (χ4n) is 5.47. The summed E-state index contributed by atoms with van der Waals surface area (Å²) in [5, 5.41) is 1.80. The average Bonchev–Trinajstić information content (AvgIpc) is 3.22. The van der Waals surface area contributed by atoms with Crippen molar-refractivity contribution in [2.45, 2.75) is 32.2 Å². The molecule has 6 rings (SSSR count). The molecule has 10 heteroatoms. The van der Waals surface area contributed by atoms with E-state index in [0.717, 1.165) is 29.8 Å². The Morgan fingerprint density at radius 3 is 2.79 bits per heavy atom. The quantitative estimate of drug-likeness (QED) is 0.211. The van der Waals surface area contributed by atoms with Crippen molar-refractivity contribution in [1.29, 1.82) is 0 Å². The molecule has 1 aliphatic heterocycles. The molecule has 4 aromatic rings. The zero-order chi connectivity index (χ0) is 26.6. The van der Waals surface area contributed by atoms with Gasteiger partial charge < -0.3 is 13.9 Å². The third-order valence-corrected chi connectivity index (χ3v) is 7.70. The number of amides is 1. The number of carbonyl (C=O) groups excluding carboxylic acids is 1. The van der Waals surface area contributed by atoms with Crippen molar-refractivity contribution >= 4 is 34.7 Å². The minimum atomic E-state index is -0.453. The number of nitrogens with zero attached hydrogens (tertiary/aromatic N) is 5. The zero-order valence-electron chi connectivity index (χ0n) is 21.2. The number of hydrogen-bond donors (Lipinski definition) is 1. The number of fused-ring (bicyclic) bond motifs is 1. The molecule has 1 aliphatic carbocycles. The average molecular weight is 535 g/mol. The molecule has 0 radical (unpaired) electrons. The Morgan fingerprint density at radius 1 is 1.29 bits per heavy atom. The van der Waals surface area contributed by atoms with Gasteiger partial charge in [-0.25, -0.2) is 19.4 Å². The Morgan fingerprint density at radius 2 is 2.11 bits per heavy atom. The molecular formula is C28H28ClFN6O2. The van der Waals surface area contributed by atoms with Gasteiger partial charge in [0.25, 0.3) is 0 Å². The Labute approximate surface area is 224 Å². The maximum absolute atomic E-state index is 14.3. The number of carbonyl (C=O) groups is 1. The summed E-state index contributed by atoms with van der Waals surface area (Å²) in [7, 11) is 1.73. The van der Waals surface area contributed by atoms with Crippen LogP contribution in [0.3, 0.4) is 0 Å². The minimum absolute atomic E-state index is 0.0134. The highest BCUT2D eigenvalue weighted by Crippen LogP contribution is 2.55. The number of nitrogens with two attached hydrogens (primary N) is 1. The van der Waals surface area contributed by atoms with Crippen molar-refractivity contribution in [3.8, 4) is 5.69 Å². The molecule has 2 aromatic carbocycles. The molecule has 8 nitrogen and oxygen atoms in total. The van der Waals surface area contributed by atoms with Crippen LogP contribution in [0.5, 0.6) is 0 Å². The number of piperidine rings is 1. The van der Waals surface area contributed by atoms with Crippen LogP contribution in [-0.4, -0.2) is 50.5 Å². The largest absolute Gasteiger partial charge is 0.441 e.